The SMILES string of the molecule is Cc1cc(C(CC(=O)Cl)c2cccs2)ccc1F. The van der Waals surface area contributed by atoms with Crippen molar-refractivity contribution in [3.05, 3.63) is 57.5 Å². The molecule has 0 aliphatic carbocycles. The predicted molar refractivity (Wildman–Crippen MR) is 72.8 cm³/mol. The Balaban J connectivity index is 2.39. The van der Waals surface area contributed by atoms with Crippen LogP contribution in [0.4, 0.5) is 4.39 Å². The van der Waals surface area contributed by atoms with Crippen LogP contribution in [0.2, 0.25) is 0 Å². The molecule has 1 atom stereocenters. The average Bonchev–Trinajstić information content (AvgIpc) is 2.83. The van der Waals surface area contributed by atoms with Crippen molar-refractivity contribution in [2.24, 2.45) is 0 Å². The molecule has 18 heavy (non-hydrogen) atoms. The Hall–Kier alpha value is -1.19. The zero-order chi connectivity index (χ0) is 13.1. The fraction of sp³-hybridized carbons (Fsp3) is 0.214. The molecule has 2 aromatic rings. The van der Waals surface area contributed by atoms with Gasteiger partial charge in [0.1, 0.15) is 5.82 Å². The Labute approximate surface area is 114 Å². The molecule has 0 N–H and O–H groups in total. The van der Waals surface area contributed by atoms with Gasteiger partial charge in [0.15, 0.2) is 0 Å². The van der Waals surface area contributed by atoms with Gasteiger partial charge in [-0.3, -0.25) is 4.79 Å². The summed E-state index contributed by atoms with van der Waals surface area (Å²) in [6.45, 7) is 1.72. The molecule has 1 aromatic carbocycles. The van der Waals surface area contributed by atoms with Gasteiger partial charge >= 0.3 is 0 Å². The van der Waals surface area contributed by atoms with E-state index in [1.54, 1.807) is 30.4 Å². The zero-order valence-corrected chi connectivity index (χ0v) is 11.4. The van der Waals surface area contributed by atoms with Gasteiger partial charge in [-0.15, -0.1) is 11.3 Å². The molecule has 1 unspecified atom stereocenters. The van der Waals surface area contributed by atoms with Crippen LogP contribution in [0.3, 0.4) is 0 Å². The topological polar surface area (TPSA) is 17.1 Å². The quantitative estimate of drug-likeness (QED) is 0.756. The summed E-state index contributed by atoms with van der Waals surface area (Å²) in [5.41, 5.74) is 1.50. The number of halogens is 2. The molecule has 0 aliphatic rings. The van der Waals surface area contributed by atoms with Crippen LogP contribution in [0.5, 0.6) is 0 Å². The summed E-state index contributed by atoms with van der Waals surface area (Å²) in [6, 6.07) is 8.83. The van der Waals surface area contributed by atoms with Gasteiger partial charge in [-0.05, 0) is 47.2 Å². The predicted octanol–water partition coefficient (Wildman–Crippen LogP) is 4.48. The molecular formula is C14H12ClFOS. The highest BCUT2D eigenvalue weighted by atomic mass is 35.5. The summed E-state index contributed by atoms with van der Waals surface area (Å²) in [4.78, 5) is 12.2. The van der Waals surface area contributed by atoms with Crippen molar-refractivity contribution in [3.8, 4) is 0 Å². The van der Waals surface area contributed by atoms with Gasteiger partial charge in [0.25, 0.3) is 0 Å². The molecule has 1 aromatic heterocycles. The van der Waals surface area contributed by atoms with Crippen LogP contribution in [0.1, 0.15) is 28.3 Å². The number of hydrogen-bond donors (Lipinski definition) is 0. The van der Waals surface area contributed by atoms with Crippen LogP contribution in [0.25, 0.3) is 0 Å². The van der Waals surface area contributed by atoms with Crippen molar-refractivity contribution in [1.29, 1.82) is 0 Å². The average molecular weight is 283 g/mol. The van der Waals surface area contributed by atoms with E-state index in [-0.39, 0.29) is 23.4 Å². The summed E-state index contributed by atoms with van der Waals surface area (Å²) in [7, 11) is 0. The van der Waals surface area contributed by atoms with E-state index in [4.69, 9.17) is 11.6 Å². The number of rotatable bonds is 4. The molecular weight excluding hydrogens is 271 g/mol. The van der Waals surface area contributed by atoms with Crippen molar-refractivity contribution in [3.63, 3.8) is 0 Å². The Morgan fingerprint density at radius 2 is 2.22 bits per heavy atom. The molecule has 1 nitrogen and oxygen atoms in total. The minimum Gasteiger partial charge on any atom is -0.281 e. The van der Waals surface area contributed by atoms with Gasteiger partial charge in [0.05, 0.1) is 0 Å². The first-order valence-electron chi connectivity index (χ1n) is 5.55. The van der Waals surface area contributed by atoms with E-state index in [1.807, 2.05) is 17.5 Å². The van der Waals surface area contributed by atoms with Gasteiger partial charge < -0.3 is 0 Å². The molecule has 2 rings (SSSR count). The Morgan fingerprint density at radius 1 is 1.44 bits per heavy atom. The second kappa shape index (κ2) is 5.63. The van der Waals surface area contributed by atoms with Crippen molar-refractivity contribution in [2.75, 3.05) is 0 Å². The van der Waals surface area contributed by atoms with E-state index in [0.717, 1.165) is 10.4 Å². The van der Waals surface area contributed by atoms with Gasteiger partial charge in [-0.2, -0.15) is 0 Å². The summed E-state index contributed by atoms with van der Waals surface area (Å²) in [5.74, 6) is -0.324. The molecule has 1 heterocycles. The van der Waals surface area contributed by atoms with Crippen LogP contribution < -0.4 is 0 Å². The Kier molecular flexibility index (Phi) is 4.15. The van der Waals surface area contributed by atoms with Crippen molar-refractivity contribution in [1.82, 2.24) is 0 Å². The number of carbonyl (C=O) groups is 1. The lowest BCUT2D eigenvalue weighted by Crippen LogP contribution is -2.04. The number of hydrogen-bond acceptors (Lipinski definition) is 2. The first-order chi connectivity index (χ1) is 8.58. The third-order valence-electron chi connectivity index (χ3n) is 2.84. The molecule has 0 saturated heterocycles. The largest absolute Gasteiger partial charge is 0.281 e. The smallest absolute Gasteiger partial charge is 0.222 e. The molecule has 94 valence electrons. The standard InChI is InChI=1S/C14H12ClFOS/c1-9-7-10(4-5-12(9)16)11(8-14(15)17)13-3-2-6-18-13/h2-7,11H,8H2,1H3. The minimum absolute atomic E-state index is 0.0886. The number of thiophene rings is 1. The van der Waals surface area contributed by atoms with Gasteiger partial charge in [-0.25, -0.2) is 4.39 Å². The molecule has 0 saturated carbocycles. The highest BCUT2D eigenvalue weighted by molar-refractivity contribution is 7.10. The van der Waals surface area contributed by atoms with E-state index in [9.17, 15) is 9.18 Å². The third-order valence-corrected chi connectivity index (χ3v) is 3.98. The Bertz CT molecular complexity index is 551. The molecule has 0 fully saturated rings. The molecule has 0 bridgehead atoms. The van der Waals surface area contributed by atoms with Gasteiger partial charge in [0, 0.05) is 17.2 Å². The van der Waals surface area contributed by atoms with Crippen molar-refractivity contribution >= 4 is 28.2 Å². The highest BCUT2D eigenvalue weighted by Gasteiger charge is 2.18. The van der Waals surface area contributed by atoms with Crippen molar-refractivity contribution < 1.29 is 9.18 Å². The number of carbonyl (C=O) groups excluding carboxylic acids is 1. The highest BCUT2D eigenvalue weighted by Crippen LogP contribution is 2.32. The summed E-state index contributed by atoms with van der Waals surface area (Å²) < 4.78 is 13.3. The zero-order valence-electron chi connectivity index (χ0n) is 9.82. The maximum atomic E-state index is 13.3. The number of aryl methyl sites for hydroxylation is 1. The lowest BCUT2D eigenvalue weighted by atomic mass is 9.93. The minimum atomic E-state index is -0.379. The van der Waals surface area contributed by atoms with Crippen LogP contribution in [0.15, 0.2) is 35.7 Å². The molecule has 0 amide bonds. The number of benzene rings is 1. The molecule has 0 spiro atoms. The van der Waals surface area contributed by atoms with E-state index in [1.165, 1.54) is 6.07 Å². The first-order valence-corrected chi connectivity index (χ1v) is 6.81. The lowest BCUT2D eigenvalue weighted by Gasteiger charge is -2.14. The van der Waals surface area contributed by atoms with Gasteiger partial charge in [-0.1, -0.05) is 18.2 Å². The Morgan fingerprint density at radius 3 is 2.78 bits per heavy atom. The van der Waals surface area contributed by atoms with E-state index in [0.29, 0.717) is 5.56 Å². The van der Waals surface area contributed by atoms with E-state index < -0.39 is 0 Å². The van der Waals surface area contributed by atoms with Crippen LogP contribution >= 0.6 is 22.9 Å². The second-order valence-electron chi connectivity index (χ2n) is 4.14. The lowest BCUT2D eigenvalue weighted by molar-refractivity contribution is -0.111. The fourth-order valence-electron chi connectivity index (χ4n) is 1.92. The maximum absolute atomic E-state index is 13.3. The molecule has 0 radical (unpaired) electrons. The van der Waals surface area contributed by atoms with E-state index >= 15 is 0 Å². The van der Waals surface area contributed by atoms with Crippen molar-refractivity contribution in [2.45, 2.75) is 19.3 Å². The monoisotopic (exact) mass is 282 g/mol. The maximum Gasteiger partial charge on any atom is 0.222 e. The summed E-state index contributed by atoms with van der Waals surface area (Å²) in [6.07, 6.45) is 0.229. The third kappa shape index (κ3) is 2.98. The summed E-state index contributed by atoms with van der Waals surface area (Å²) in [5, 5.41) is 1.58. The van der Waals surface area contributed by atoms with E-state index in [2.05, 4.69) is 0 Å². The normalized spacial score (nSPS) is 12.4. The summed E-state index contributed by atoms with van der Waals surface area (Å²) >= 11 is 7.08. The second-order valence-corrected chi connectivity index (χ2v) is 5.54. The fourth-order valence-corrected chi connectivity index (χ4v) is 2.93. The first kappa shape index (κ1) is 13.2. The molecule has 4 heteroatoms. The molecule has 0 aliphatic heterocycles. The van der Waals surface area contributed by atoms with Gasteiger partial charge in [0.2, 0.25) is 5.24 Å². The van der Waals surface area contributed by atoms with Crippen LogP contribution in [-0.4, -0.2) is 5.24 Å². The van der Waals surface area contributed by atoms with Crippen LogP contribution in [-0.2, 0) is 4.79 Å². The van der Waals surface area contributed by atoms with Crippen LogP contribution in [0, 0.1) is 12.7 Å².